The molecule has 0 aliphatic heterocycles. The number of guanidine groups is 1. The van der Waals surface area contributed by atoms with Gasteiger partial charge in [-0.3, -0.25) is 0 Å². The number of fused-ring (bicyclic) bond motifs is 1. The van der Waals surface area contributed by atoms with E-state index in [1.165, 1.54) is 13.1 Å². The molecule has 9 heteroatoms. The second kappa shape index (κ2) is 10.4. The van der Waals surface area contributed by atoms with Crippen molar-refractivity contribution in [3.05, 3.63) is 71.2 Å². The summed E-state index contributed by atoms with van der Waals surface area (Å²) >= 11 is 0. The molecule has 166 valence electrons. The Labute approximate surface area is 182 Å². The topological polar surface area (TPSA) is 98.4 Å². The second-order valence-corrected chi connectivity index (χ2v) is 9.08. The van der Waals surface area contributed by atoms with Crippen LogP contribution in [0.3, 0.4) is 0 Å². The molecular formula is C22H28FN5O2S. The van der Waals surface area contributed by atoms with Crippen LogP contribution in [0.15, 0.2) is 53.7 Å². The van der Waals surface area contributed by atoms with Gasteiger partial charge in [0.2, 0.25) is 10.0 Å². The molecule has 0 amide bonds. The summed E-state index contributed by atoms with van der Waals surface area (Å²) in [6.07, 6.45) is 2.63. The highest BCUT2D eigenvalue weighted by Gasteiger charge is 2.08. The van der Waals surface area contributed by atoms with Crippen LogP contribution in [0.5, 0.6) is 0 Å². The van der Waals surface area contributed by atoms with E-state index in [9.17, 15) is 12.8 Å². The Morgan fingerprint density at radius 3 is 2.55 bits per heavy atom. The molecule has 0 aliphatic carbocycles. The average Bonchev–Trinajstić information content (AvgIpc) is 3.15. The number of nitrogens with zero attached hydrogens (tertiary/aromatic N) is 1. The van der Waals surface area contributed by atoms with Gasteiger partial charge in [0.15, 0.2) is 5.96 Å². The number of hydrogen-bond donors (Lipinski definition) is 4. The normalized spacial score (nSPS) is 12.3. The summed E-state index contributed by atoms with van der Waals surface area (Å²) in [6.45, 7) is 3.84. The zero-order chi connectivity index (χ0) is 22.3. The van der Waals surface area contributed by atoms with Gasteiger partial charge in [0, 0.05) is 30.2 Å². The molecule has 0 spiro atoms. The van der Waals surface area contributed by atoms with Gasteiger partial charge in [0.05, 0.1) is 12.3 Å². The van der Waals surface area contributed by atoms with Gasteiger partial charge >= 0.3 is 0 Å². The zero-order valence-corrected chi connectivity index (χ0v) is 18.5. The first-order valence-electron chi connectivity index (χ1n) is 10.2. The number of aromatic amines is 1. The van der Waals surface area contributed by atoms with Crippen LogP contribution in [0.4, 0.5) is 4.39 Å². The number of sulfonamides is 1. The van der Waals surface area contributed by atoms with Gasteiger partial charge in [-0.15, -0.1) is 0 Å². The molecule has 0 bridgehead atoms. The largest absolute Gasteiger partial charge is 0.361 e. The van der Waals surface area contributed by atoms with E-state index in [2.05, 4.69) is 25.3 Å². The van der Waals surface area contributed by atoms with Crippen molar-refractivity contribution in [3.8, 4) is 0 Å². The Kier molecular flexibility index (Phi) is 7.64. The Morgan fingerprint density at radius 2 is 1.84 bits per heavy atom. The number of hydrogen-bond acceptors (Lipinski definition) is 3. The van der Waals surface area contributed by atoms with Crippen molar-refractivity contribution in [3.63, 3.8) is 0 Å². The van der Waals surface area contributed by atoms with Crippen LogP contribution in [0, 0.1) is 5.82 Å². The minimum atomic E-state index is -3.28. The van der Waals surface area contributed by atoms with Crippen molar-refractivity contribution in [1.82, 2.24) is 20.3 Å². The molecule has 0 radical (unpaired) electrons. The van der Waals surface area contributed by atoms with E-state index < -0.39 is 10.0 Å². The van der Waals surface area contributed by atoms with E-state index >= 15 is 0 Å². The highest BCUT2D eigenvalue weighted by Crippen LogP contribution is 2.19. The number of nitrogens with one attached hydrogen (secondary N) is 4. The Bertz CT molecular complexity index is 1140. The minimum Gasteiger partial charge on any atom is -0.361 e. The molecule has 0 atom stereocenters. The quantitative estimate of drug-likeness (QED) is 0.301. The smallest absolute Gasteiger partial charge is 0.215 e. The van der Waals surface area contributed by atoms with Gasteiger partial charge in [-0.25, -0.2) is 22.5 Å². The van der Waals surface area contributed by atoms with E-state index in [0.717, 1.165) is 40.6 Å². The predicted molar refractivity (Wildman–Crippen MR) is 123 cm³/mol. The van der Waals surface area contributed by atoms with Crippen molar-refractivity contribution in [2.75, 3.05) is 20.1 Å². The van der Waals surface area contributed by atoms with E-state index in [1.807, 2.05) is 25.3 Å². The third kappa shape index (κ3) is 6.53. The summed E-state index contributed by atoms with van der Waals surface area (Å²) in [5, 5.41) is 7.41. The summed E-state index contributed by atoms with van der Waals surface area (Å²) in [7, 11) is -1.88. The van der Waals surface area contributed by atoms with Crippen LogP contribution in [0.25, 0.3) is 10.9 Å². The SMILES string of the molecule is CCNC(=NCc1ccc(CS(=O)(=O)NC)cc1)NCCc1c[nH]c2ccc(F)cc12. The number of halogens is 1. The van der Waals surface area contributed by atoms with E-state index in [1.54, 1.807) is 24.3 Å². The first kappa shape index (κ1) is 22.8. The van der Waals surface area contributed by atoms with Crippen LogP contribution in [-0.4, -0.2) is 39.5 Å². The number of aromatic nitrogens is 1. The van der Waals surface area contributed by atoms with Crippen LogP contribution in [-0.2, 0) is 28.7 Å². The molecule has 7 nitrogen and oxygen atoms in total. The van der Waals surface area contributed by atoms with Crippen LogP contribution >= 0.6 is 0 Å². The van der Waals surface area contributed by atoms with Crippen molar-refractivity contribution in [2.45, 2.75) is 25.6 Å². The fourth-order valence-electron chi connectivity index (χ4n) is 3.22. The second-order valence-electron chi connectivity index (χ2n) is 7.16. The molecule has 3 rings (SSSR count). The van der Waals surface area contributed by atoms with Gasteiger partial charge in [-0.05, 0) is 55.3 Å². The van der Waals surface area contributed by atoms with Crippen LogP contribution < -0.4 is 15.4 Å². The molecule has 2 aromatic carbocycles. The minimum absolute atomic E-state index is 0.0466. The molecule has 0 saturated carbocycles. The zero-order valence-electron chi connectivity index (χ0n) is 17.7. The maximum absolute atomic E-state index is 13.5. The monoisotopic (exact) mass is 445 g/mol. The Morgan fingerprint density at radius 1 is 1.10 bits per heavy atom. The van der Waals surface area contributed by atoms with Crippen molar-refractivity contribution in [1.29, 1.82) is 0 Å². The lowest BCUT2D eigenvalue weighted by molar-refractivity contribution is 0.587. The Hall–Kier alpha value is -2.91. The lowest BCUT2D eigenvalue weighted by Crippen LogP contribution is -2.38. The van der Waals surface area contributed by atoms with Crippen LogP contribution in [0.1, 0.15) is 23.6 Å². The van der Waals surface area contributed by atoms with E-state index in [-0.39, 0.29) is 11.6 Å². The van der Waals surface area contributed by atoms with E-state index in [4.69, 9.17) is 0 Å². The maximum Gasteiger partial charge on any atom is 0.215 e. The molecule has 0 unspecified atom stereocenters. The van der Waals surface area contributed by atoms with Gasteiger partial charge < -0.3 is 15.6 Å². The molecular weight excluding hydrogens is 417 g/mol. The molecule has 3 aromatic rings. The highest BCUT2D eigenvalue weighted by atomic mass is 32.2. The number of aliphatic imine (C=N–C) groups is 1. The van der Waals surface area contributed by atoms with Gasteiger partial charge in [0.1, 0.15) is 5.82 Å². The molecule has 31 heavy (non-hydrogen) atoms. The number of benzene rings is 2. The fourth-order valence-corrected chi connectivity index (χ4v) is 3.99. The average molecular weight is 446 g/mol. The molecule has 0 fully saturated rings. The maximum atomic E-state index is 13.5. The summed E-state index contributed by atoms with van der Waals surface area (Å²) in [6, 6.07) is 12.1. The molecule has 0 saturated heterocycles. The summed E-state index contributed by atoms with van der Waals surface area (Å²) in [5.41, 5.74) is 3.67. The van der Waals surface area contributed by atoms with Crippen molar-refractivity contribution < 1.29 is 12.8 Å². The van der Waals surface area contributed by atoms with Gasteiger partial charge in [-0.2, -0.15) is 0 Å². The third-order valence-corrected chi connectivity index (χ3v) is 6.21. The summed E-state index contributed by atoms with van der Waals surface area (Å²) in [4.78, 5) is 7.76. The third-order valence-electron chi connectivity index (χ3n) is 4.87. The highest BCUT2D eigenvalue weighted by molar-refractivity contribution is 7.88. The predicted octanol–water partition coefficient (Wildman–Crippen LogP) is 2.65. The number of H-pyrrole nitrogens is 1. The van der Waals surface area contributed by atoms with Gasteiger partial charge in [-0.1, -0.05) is 24.3 Å². The van der Waals surface area contributed by atoms with Gasteiger partial charge in [0.25, 0.3) is 0 Å². The molecule has 1 heterocycles. The lowest BCUT2D eigenvalue weighted by atomic mass is 10.1. The first-order valence-corrected chi connectivity index (χ1v) is 11.8. The van der Waals surface area contributed by atoms with Crippen molar-refractivity contribution in [2.24, 2.45) is 4.99 Å². The Balaban J connectivity index is 1.57. The molecule has 1 aromatic heterocycles. The lowest BCUT2D eigenvalue weighted by Gasteiger charge is -2.11. The van der Waals surface area contributed by atoms with Crippen molar-refractivity contribution >= 4 is 26.9 Å². The fraction of sp³-hybridized carbons (Fsp3) is 0.318. The summed E-state index contributed by atoms with van der Waals surface area (Å²) < 4.78 is 39.1. The first-order chi connectivity index (χ1) is 14.9. The van der Waals surface area contributed by atoms with E-state index in [0.29, 0.717) is 19.0 Å². The molecule has 4 N–H and O–H groups in total. The standard InChI is InChI=1S/C22H28FN5O2S/c1-3-25-22(26-11-10-18-14-27-21-9-8-19(23)12-20(18)21)28-13-16-4-6-17(7-5-16)15-31(29,30)24-2/h4-9,12,14,24,27H,3,10-11,13,15H2,1-2H3,(H2,25,26,28). The molecule has 0 aliphatic rings. The number of rotatable bonds is 9. The summed E-state index contributed by atoms with van der Waals surface area (Å²) in [5.74, 6) is 0.399. The van der Waals surface area contributed by atoms with Crippen LogP contribution in [0.2, 0.25) is 0 Å².